The fraction of sp³-hybridized carbons (Fsp3) is 1.00. The van der Waals surface area contributed by atoms with Gasteiger partial charge in [0.2, 0.25) is 0 Å². The van der Waals surface area contributed by atoms with Crippen LogP contribution in [-0.2, 0) is 22.5 Å². The van der Waals surface area contributed by atoms with Crippen molar-refractivity contribution >= 4 is 27.2 Å². The third kappa shape index (κ3) is 3.12. The van der Waals surface area contributed by atoms with E-state index in [1.807, 2.05) is 0 Å². The van der Waals surface area contributed by atoms with E-state index in [-0.39, 0.29) is 6.61 Å². The monoisotopic (exact) mass is 238 g/mol. The van der Waals surface area contributed by atoms with E-state index in [0.717, 1.165) is 0 Å². The first kappa shape index (κ1) is 10.6. The van der Waals surface area contributed by atoms with Crippen LogP contribution in [0.3, 0.4) is 0 Å². The minimum Gasteiger partial charge on any atom is -0.302 e. The lowest BCUT2D eigenvalue weighted by Gasteiger charge is -2.09. The Morgan fingerprint density at radius 3 is 2.58 bits per heavy atom. The van der Waals surface area contributed by atoms with E-state index < -0.39 is 21.2 Å². The van der Waals surface area contributed by atoms with Gasteiger partial charge < -0.3 is 9.79 Å². The Hall–Kier alpha value is 0.550. The van der Waals surface area contributed by atoms with Gasteiger partial charge in [-0.15, -0.1) is 0 Å². The predicted octanol–water partition coefficient (Wildman–Crippen LogP) is 0.815. The highest BCUT2D eigenvalue weighted by atomic mass is 35.5. The summed E-state index contributed by atoms with van der Waals surface area (Å²) < 4.78 is 33.6. The fourth-order valence-corrected chi connectivity index (χ4v) is 3.07. The molecule has 1 saturated heterocycles. The van der Waals surface area contributed by atoms with E-state index in [2.05, 4.69) is 13.4 Å². The van der Waals surface area contributed by atoms with Crippen molar-refractivity contribution in [2.24, 2.45) is 0 Å². The van der Waals surface area contributed by atoms with E-state index >= 15 is 0 Å². The summed E-state index contributed by atoms with van der Waals surface area (Å²) in [6.45, 7) is -0.237. The molecule has 10 heteroatoms. The van der Waals surface area contributed by atoms with Gasteiger partial charge >= 0.3 is 15.6 Å². The van der Waals surface area contributed by atoms with Crippen molar-refractivity contribution in [3.63, 3.8) is 0 Å². The van der Waals surface area contributed by atoms with Gasteiger partial charge in [-0.2, -0.15) is 4.31 Å². The molecule has 1 aliphatic heterocycles. The Bertz CT molecular complexity index is 258. The molecule has 0 amide bonds. The molecule has 0 spiro atoms. The molecule has 72 valence electrons. The molecule has 0 aromatic heterocycles. The molecule has 0 aromatic carbocycles. The van der Waals surface area contributed by atoms with Crippen LogP contribution in [0, 0.1) is 0 Å². The molecule has 0 bridgehead atoms. The minimum absolute atomic E-state index is 0.237. The van der Waals surface area contributed by atoms with E-state index in [9.17, 15) is 9.13 Å². The topological polar surface area (TPSA) is 102 Å². The molecule has 2 unspecified atom stereocenters. The van der Waals surface area contributed by atoms with Crippen molar-refractivity contribution < 1.29 is 32.3 Å². The molecule has 1 fully saturated rings. The van der Waals surface area contributed by atoms with Gasteiger partial charge in [-0.1, -0.05) is 11.6 Å². The van der Waals surface area contributed by atoms with Gasteiger partial charge in [0.25, 0.3) is 0 Å². The molecule has 12 heavy (non-hydrogen) atoms. The Morgan fingerprint density at radius 1 is 1.67 bits per heavy atom. The standard InChI is InChI=1S/C2H5ClO7P2/c3-2-1-8-12(7,9-2)10-11(4,5)6/h2H,1H2,(H2,4,5,6). The summed E-state index contributed by atoms with van der Waals surface area (Å²) in [5, 5.41) is 0. The van der Waals surface area contributed by atoms with Crippen LogP contribution >= 0.6 is 27.2 Å². The molecule has 2 atom stereocenters. The Morgan fingerprint density at radius 2 is 2.25 bits per heavy atom. The zero-order valence-corrected chi connectivity index (χ0v) is 8.04. The Labute approximate surface area is 72.4 Å². The third-order valence-corrected chi connectivity index (χ3v) is 3.78. The quantitative estimate of drug-likeness (QED) is 0.542. The van der Waals surface area contributed by atoms with Gasteiger partial charge in [0.15, 0.2) is 5.56 Å². The molecule has 1 heterocycles. The number of rotatable bonds is 2. The number of phosphoric ester groups is 1. The number of halogens is 1. The second kappa shape index (κ2) is 3.36. The van der Waals surface area contributed by atoms with Gasteiger partial charge in [-0.25, -0.2) is 9.13 Å². The molecule has 2 N–H and O–H groups in total. The summed E-state index contributed by atoms with van der Waals surface area (Å²) in [6, 6.07) is 0. The maximum Gasteiger partial charge on any atom is 0.485 e. The third-order valence-electron chi connectivity index (χ3n) is 0.814. The molecular weight excluding hydrogens is 233 g/mol. The smallest absolute Gasteiger partial charge is 0.302 e. The van der Waals surface area contributed by atoms with E-state index in [1.54, 1.807) is 0 Å². The molecular formula is C2H5ClO7P2. The second-order valence-corrected chi connectivity index (χ2v) is 5.32. The van der Waals surface area contributed by atoms with E-state index in [0.29, 0.717) is 0 Å². The van der Waals surface area contributed by atoms with Crippen LogP contribution in [0.1, 0.15) is 0 Å². The minimum atomic E-state index is -4.88. The molecule has 0 aromatic rings. The van der Waals surface area contributed by atoms with Crippen LogP contribution in [0.25, 0.3) is 0 Å². The average Bonchev–Trinajstić information content (AvgIpc) is 2.05. The van der Waals surface area contributed by atoms with Crippen LogP contribution in [0.5, 0.6) is 0 Å². The number of hydrogen-bond donors (Lipinski definition) is 2. The van der Waals surface area contributed by atoms with E-state index in [4.69, 9.17) is 21.4 Å². The highest BCUT2D eigenvalue weighted by Crippen LogP contribution is 2.64. The lowest BCUT2D eigenvalue weighted by Crippen LogP contribution is -1.95. The first-order valence-electron chi connectivity index (χ1n) is 2.65. The van der Waals surface area contributed by atoms with Crippen molar-refractivity contribution in [3.8, 4) is 0 Å². The van der Waals surface area contributed by atoms with Crippen LogP contribution in [0.4, 0.5) is 0 Å². The molecule has 1 aliphatic rings. The summed E-state index contributed by atoms with van der Waals surface area (Å²) in [7, 11) is -9.02. The lowest BCUT2D eigenvalue weighted by atomic mass is 10.8. The van der Waals surface area contributed by atoms with Crippen LogP contribution in [0.15, 0.2) is 0 Å². The summed E-state index contributed by atoms with van der Waals surface area (Å²) in [5.74, 6) is 0. The largest absolute Gasteiger partial charge is 0.485 e. The number of alkyl halides is 1. The van der Waals surface area contributed by atoms with Crippen molar-refractivity contribution in [1.29, 1.82) is 0 Å². The van der Waals surface area contributed by atoms with Crippen LogP contribution in [0.2, 0.25) is 0 Å². The first-order chi connectivity index (χ1) is 5.31. The highest BCUT2D eigenvalue weighted by Gasteiger charge is 2.43. The van der Waals surface area contributed by atoms with Crippen LogP contribution in [-0.4, -0.2) is 22.0 Å². The predicted molar refractivity (Wildman–Crippen MR) is 37.4 cm³/mol. The summed E-state index contributed by atoms with van der Waals surface area (Å²) >= 11 is 5.27. The molecule has 0 saturated carbocycles. The van der Waals surface area contributed by atoms with Gasteiger partial charge in [0.1, 0.15) is 0 Å². The summed E-state index contributed by atoms with van der Waals surface area (Å²) in [6.07, 6.45) is 0. The molecule has 7 nitrogen and oxygen atoms in total. The van der Waals surface area contributed by atoms with Crippen molar-refractivity contribution in [2.75, 3.05) is 6.61 Å². The van der Waals surface area contributed by atoms with Crippen molar-refractivity contribution in [2.45, 2.75) is 5.56 Å². The van der Waals surface area contributed by atoms with Gasteiger partial charge in [0.05, 0.1) is 6.61 Å². The maximum atomic E-state index is 11.0. The summed E-state index contributed by atoms with van der Waals surface area (Å²) in [5.41, 5.74) is -1.01. The SMILES string of the molecule is O=P(O)(O)OP1(=O)OCC(Cl)O1. The number of phosphoric acid groups is 2. The zero-order chi connectivity index (χ0) is 9.41. The number of hydrogen-bond acceptors (Lipinski definition) is 5. The lowest BCUT2D eigenvalue weighted by molar-refractivity contribution is 0.216. The van der Waals surface area contributed by atoms with Crippen molar-refractivity contribution in [1.82, 2.24) is 0 Å². The summed E-state index contributed by atoms with van der Waals surface area (Å²) in [4.78, 5) is 16.5. The molecule has 1 rings (SSSR count). The first-order valence-corrected chi connectivity index (χ1v) is 6.07. The average molecular weight is 238 g/mol. The Balaban J connectivity index is 2.64. The van der Waals surface area contributed by atoms with Gasteiger partial charge in [-0.3, -0.25) is 9.05 Å². The van der Waals surface area contributed by atoms with Gasteiger partial charge in [0, 0.05) is 0 Å². The van der Waals surface area contributed by atoms with Crippen LogP contribution < -0.4 is 0 Å². The molecule has 0 radical (unpaired) electrons. The zero-order valence-electron chi connectivity index (χ0n) is 5.49. The normalized spacial score (nSPS) is 37.1. The highest BCUT2D eigenvalue weighted by molar-refractivity contribution is 7.61. The van der Waals surface area contributed by atoms with E-state index in [1.165, 1.54) is 0 Å². The second-order valence-electron chi connectivity index (χ2n) is 1.83. The van der Waals surface area contributed by atoms with Gasteiger partial charge in [-0.05, 0) is 0 Å². The Kier molecular flexibility index (Phi) is 2.98. The molecule has 0 aliphatic carbocycles. The fourth-order valence-electron chi connectivity index (χ4n) is 0.524. The maximum absolute atomic E-state index is 11.0. The van der Waals surface area contributed by atoms with Crippen molar-refractivity contribution in [3.05, 3.63) is 0 Å².